The van der Waals surface area contributed by atoms with E-state index in [2.05, 4.69) is 0 Å². The lowest BCUT2D eigenvalue weighted by molar-refractivity contribution is 0.415. The molecule has 0 aliphatic heterocycles. The summed E-state index contributed by atoms with van der Waals surface area (Å²) in [5.74, 6) is 0.520. The number of halogens is 4. The fourth-order valence-corrected chi connectivity index (χ4v) is 3.13. The molecule has 2 aromatic carbocycles. The van der Waals surface area contributed by atoms with Gasteiger partial charge in [0.05, 0.1) is 17.5 Å². The van der Waals surface area contributed by atoms with Gasteiger partial charge in [0.25, 0.3) is 0 Å². The van der Waals surface area contributed by atoms with Gasteiger partial charge in [-0.3, -0.25) is 0 Å². The Bertz CT molecular complexity index is 640. The Morgan fingerprint density at radius 2 is 1.65 bits per heavy atom. The maximum atomic E-state index is 6.54. The van der Waals surface area contributed by atoms with Crippen molar-refractivity contribution in [3.05, 3.63) is 62.1 Å². The molecule has 0 aliphatic rings. The fraction of sp³-hybridized carbons (Fsp3) is 0.200. The normalized spacial score (nSPS) is 12.3. The summed E-state index contributed by atoms with van der Waals surface area (Å²) >= 11 is 25.1. The Morgan fingerprint density at radius 3 is 2.30 bits per heavy atom. The molecule has 0 bridgehead atoms. The number of alkyl halides is 1. The molecule has 0 aliphatic carbocycles. The molecule has 1 unspecified atom stereocenters. The molecule has 0 spiro atoms. The van der Waals surface area contributed by atoms with E-state index in [0.717, 1.165) is 16.7 Å². The predicted octanol–water partition coefficient (Wildman–Crippen LogP) is 6.29. The SMILES string of the molecule is COc1cc(Cl)c(C(Cl)c2cccc(Cl)c2C)cc1Cl. The number of methoxy groups -OCH3 is 1. The van der Waals surface area contributed by atoms with Crippen LogP contribution in [-0.2, 0) is 0 Å². The summed E-state index contributed by atoms with van der Waals surface area (Å²) in [4.78, 5) is 0. The van der Waals surface area contributed by atoms with Gasteiger partial charge in [0, 0.05) is 16.1 Å². The van der Waals surface area contributed by atoms with Crippen molar-refractivity contribution in [2.24, 2.45) is 0 Å². The smallest absolute Gasteiger partial charge is 0.138 e. The second-order valence-corrected chi connectivity index (χ2v) is 5.98. The molecule has 0 heterocycles. The van der Waals surface area contributed by atoms with E-state index in [9.17, 15) is 0 Å². The Balaban J connectivity index is 2.51. The first-order valence-corrected chi connectivity index (χ1v) is 7.44. The Hall–Kier alpha value is -0.600. The van der Waals surface area contributed by atoms with Crippen molar-refractivity contribution in [3.8, 4) is 5.75 Å². The van der Waals surface area contributed by atoms with Gasteiger partial charge in [0.2, 0.25) is 0 Å². The topological polar surface area (TPSA) is 9.23 Å². The van der Waals surface area contributed by atoms with Crippen molar-refractivity contribution in [1.82, 2.24) is 0 Å². The first kappa shape index (κ1) is 15.8. The lowest BCUT2D eigenvalue weighted by Crippen LogP contribution is -1.99. The van der Waals surface area contributed by atoms with Crippen LogP contribution in [-0.4, -0.2) is 7.11 Å². The lowest BCUT2D eigenvalue weighted by Gasteiger charge is -2.17. The van der Waals surface area contributed by atoms with Crippen molar-refractivity contribution in [2.45, 2.75) is 12.3 Å². The van der Waals surface area contributed by atoms with E-state index < -0.39 is 5.38 Å². The number of hydrogen-bond acceptors (Lipinski definition) is 1. The van der Waals surface area contributed by atoms with Gasteiger partial charge in [-0.2, -0.15) is 0 Å². The van der Waals surface area contributed by atoms with Crippen LogP contribution < -0.4 is 4.74 Å². The maximum Gasteiger partial charge on any atom is 0.138 e. The molecular weight excluding hydrogens is 338 g/mol. The van der Waals surface area contributed by atoms with Crippen LogP contribution >= 0.6 is 46.4 Å². The third-order valence-electron chi connectivity index (χ3n) is 3.13. The minimum atomic E-state index is -0.426. The maximum absolute atomic E-state index is 6.54. The lowest BCUT2D eigenvalue weighted by atomic mass is 10.00. The van der Waals surface area contributed by atoms with E-state index in [4.69, 9.17) is 51.1 Å². The minimum absolute atomic E-state index is 0.426. The molecule has 0 radical (unpaired) electrons. The molecule has 0 amide bonds. The molecule has 20 heavy (non-hydrogen) atoms. The predicted molar refractivity (Wildman–Crippen MR) is 86.9 cm³/mol. The van der Waals surface area contributed by atoms with Gasteiger partial charge in [-0.1, -0.05) is 46.9 Å². The first-order valence-electron chi connectivity index (χ1n) is 5.87. The Kier molecular flexibility index (Phi) is 5.09. The molecule has 0 N–H and O–H groups in total. The summed E-state index contributed by atoms with van der Waals surface area (Å²) in [5.41, 5.74) is 2.56. The average Bonchev–Trinajstić information content (AvgIpc) is 2.43. The fourth-order valence-electron chi connectivity index (χ4n) is 1.96. The first-order chi connectivity index (χ1) is 9.45. The highest BCUT2D eigenvalue weighted by molar-refractivity contribution is 6.36. The highest BCUT2D eigenvalue weighted by Crippen LogP contribution is 2.40. The summed E-state index contributed by atoms with van der Waals surface area (Å²) < 4.78 is 5.13. The summed E-state index contributed by atoms with van der Waals surface area (Å²) in [6, 6.07) is 8.99. The molecule has 0 aromatic heterocycles. The van der Waals surface area contributed by atoms with Gasteiger partial charge < -0.3 is 4.74 Å². The van der Waals surface area contributed by atoms with Crippen LogP contribution in [0.25, 0.3) is 0 Å². The van der Waals surface area contributed by atoms with Crippen molar-refractivity contribution in [1.29, 1.82) is 0 Å². The van der Waals surface area contributed by atoms with Gasteiger partial charge in [-0.15, -0.1) is 11.6 Å². The van der Waals surface area contributed by atoms with E-state index in [0.29, 0.717) is 20.8 Å². The molecule has 1 nitrogen and oxygen atoms in total. The number of benzene rings is 2. The largest absolute Gasteiger partial charge is 0.495 e. The van der Waals surface area contributed by atoms with Crippen molar-refractivity contribution < 1.29 is 4.74 Å². The zero-order chi connectivity index (χ0) is 14.9. The molecule has 5 heteroatoms. The van der Waals surface area contributed by atoms with Crippen LogP contribution in [0.4, 0.5) is 0 Å². The van der Waals surface area contributed by atoms with Crippen molar-refractivity contribution >= 4 is 46.4 Å². The van der Waals surface area contributed by atoms with Crippen LogP contribution in [0.3, 0.4) is 0 Å². The van der Waals surface area contributed by atoms with E-state index in [1.54, 1.807) is 12.1 Å². The quantitative estimate of drug-likeness (QED) is 0.591. The molecule has 0 saturated heterocycles. The monoisotopic (exact) mass is 348 g/mol. The summed E-state index contributed by atoms with van der Waals surface area (Å²) in [5, 5.41) is 1.22. The van der Waals surface area contributed by atoms with E-state index >= 15 is 0 Å². The zero-order valence-electron chi connectivity index (χ0n) is 10.9. The second kappa shape index (κ2) is 6.44. The molecule has 1 atom stereocenters. The standard InChI is InChI=1S/C15H12Cl4O/c1-8-9(4-3-5-11(8)16)15(19)10-6-13(18)14(20-2)7-12(10)17/h3-7,15H,1-2H3. The molecule has 106 valence electrons. The molecule has 0 saturated carbocycles. The highest BCUT2D eigenvalue weighted by atomic mass is 35.5. The van der Waals surface area contributed by atoms with Crippen LogP contribution in [0.5, 0.6) is 5.75 Å². The number of ether oxygens (including phenoxy) is 1. The Labute approximate surface area is 138 Å². The molecular formula is C15H12Cl4O. The van der Waals surface area contributed by atoms with Gasteiger partial charge in [-0.25, -0.2) is 0 Å². The summed E-state index contributed by atoms with van der Waals surface area (Å²) in [7, 11) is 1.54. The summed E-state index contributed by atoms with van der Waals surface area (Å²) in [6.45, 7) is 1.92. The second-order valence-electron chi connectivity index (χ2n) is 4.32. The molecule has 2 rings (SSSR count). The van der Waals surface area contributed by atoms with Crippen LogP contribution in [0.2, 0.25) is 15.1 Å². The van der Waals surface area contributed by atoms with E-state index in [1.807, 2.05) is 25.1 Å². The summed E-state index contributed by atoms with van der Waals surface area (Å²) in [6.07, 6.45) is 0. The van der Waals surface area contributed by atoms with Gasteiger partial charge in [-0.05, 0) is 35.7 Å². The van der Waals surface area contributed by atoms with Crippen LogP contribution in [0.15, 0.2) is 30.3 Å². The van der Waals surface area contributed by atoms with Gasteiger partial charge in [0.1, 0.15) is 5.75 Å². The minimum Gasteiger partial charge on any atom is -0.495 e. The van der Waals surface area contributed by atoms with Crippen LogP contribution in [0, 0.1) is 6.92 Å². The third-order valence-corrected chi connectivity index (χ3v) is 4.63. The molecule has 0 fully saturated rings. The Morgan fingerprint density at radius 1 is 0.950 bits per heavy atom. The highest BCUT2D eigenvalue weighted by Gasteiger charge is 2.19. The zero-order valence-corrected chi connectivity index (χ0v) is 13.9. The third kappa shape index (κ3) is 3.01. The number of hydrogen-bond donors (Lipinski definition) is 0. The van der Waals surface area contributed by atoms with Crippen LogP contribution in [0.1, 0.15) is 22.1 Å². The van der Waals surface area contributed by atoms with Crippen molar-refractivity contribution in [3.63, 3.8) is 0 Å². The number of rotatable bonds is 3. The van der Waals surface area contributed by atoms with E-state index in [-0.39, 0.29) is 0 Å². The van der Waals surface area contributed by atoms with Gasteiger partial charge in [0.15, 0.2) is 0 Å². The van der Waals surface area contributed by atoms with E-state index in [1.165, 1.54) is 7.11 Å². The van der Waals surface area contributed by atoms with Crippen molar-refractivity contribution in [2.75, 3.05) is 7.11 Å². The van der Waals surface area contributed by atoms with Gasteiger partial charge >= 0.3 is 0 Å². The molecule has 2 aromatic rings. The average molecular weight is 350 g/mol.